The zero-order chi connectivity index (χ0) is 20.5. The van der Waals surface area contributed by atoms with E-state index in [1.807, 2.05) is 6.07 Å². The molecule has 5 nitrogen and oxygen atoms in total. The minimum Gasteiger partial charge on any atom is -0.376 e. The Kier molecular flexibility index (Phi) is 10.5. The van der Waals surface area contributed by atoms with Gasteiger partial charge in [-0.25, -0.2) is 4.39 Å². The maximum Gasteiger partial charge on any atom is 0.191 e. The van der Waals surface area contributed by atoms with E-state index in [0.29, 0.717) is 19.2 Å². The van der Waals surface area contributed by atoms with Gasteiger partial charge in [0.15, 0.2) is 5.96 Å². The van der Waals surface area contributed by atoms with Crippen LogP contribution in [0.25, 0.3) is 0 Å². The SMILES string of the molecule is CN=C(NCCc1cccc(F)c1)NCc1cccc(CN2CCOC(C)C2)c1.I. The molecule has 0 amide bonds. The second kappa shape index (κ2) is 12.9. The van der Waals surface area contributed by atoms with Gasteiger partial charge in [0.2, 0.25) is 0 Å². The van der Waals surface area contributed by atoms with Crippen LogP contribution in [0.2, 0.25) is 0 Å². The quantitative estimate of drug-likeness (QED) is 0.329. The van der Waals surface area contributed by atoms with Gasteiger partial charge in [-0.15, -0.1) is 24.0 Å². The fraction of sp³-hybridized carbons (Fsp3) is 0.435. The monoisotopic (exact) mass is 526 g/mol. The predicted molar refractivity (Wildman–Crippen MR) is 131 cm³/mol. The molecule has 1 unspecified atom stereocenters. The van der Waals surface area contributed by atoms with Crippen molar-refractivity contribution in [1.82, 2.24) is 15.5 Å². The van der Waals surface area contributed by atoms with E-state index in [9.17, 15) is 4.39 Å². The number of benzene rings is 2. The lowest BCUT2D eigenvalue weighted by atomic mass is 10.1. The first-order valence-corrected chi connectivity index (χ1v) is 10.2. The second-order valence-electron chi connectivity index (χ2n) is 7.47. The Morgan fingerprint density at radius 3 is 2.67 bits per heavy atom. The van der Waals surface area contributed by atoms with Gasteiger partial charge in [0.1, 0.15) is 5.82 Å². The van der Waals surface area contributed by atoms with Crippen LogP contribution in [0, 0.1) is 5.82 Å². The smallest absolute Gasteiger partial charge is 0.191 e. The van der Waals surface area contributed by atoms with Gasteiger partial charge in [-0.3, -0.25) is 9.89 Å². The van der Waals surface area contributed by atoms with E-state index in [1.54, 1.807) is 19.2 Å². The Morgan fingerprint density at radius 1 is 1.13 bits per heavy atom. The molecule has 0 radical (unpaired) electrons. The number of nitrogens with one attached hydrogen (secondary N) is 2. The van der Waals surface area contributed by atoms with Crippen molar-refractivity contribution in [3.8, 4) is 0 Å². The molecular formula is C23H32FIN4O. The first-order valence-electron chi connectivity index (χ1n) is 10.2. The van der Waals surface area contributed by atoms with E-state index in [1.165, 1.54) is 17.2 Å². The third kappa shape index (κ3) is 8.20. The van der Waals surface area contributed by atoms with Crippen molar-refractivity contribution < 1.29 is 9.13 Å². The highest BCUT2D eigenvalue weighted by atomic mass is 127. The van der Waals surface area contributed by atoms with Crippen molar-refractivity contribution in [3.05, 3.63) is 71.0 Å². The Hall–Kier alpha value is -1.71. The van der Waals surface area contributed by atoms with E-state index in [4.69, 9.17) is 4.74 Å². The van der Waals surface area contributed by atoms with Crippen molar-refractivity contribution in [1.29, 1.82) is 0 Å². The normalized spacial score (nSPS) is 17.3. The highest BCUT2D eigenvalue weighted by Gasteiger charge is 2.16. The molecule has 0 bridgehead atoms. The lowest BCUT2D eigenvalue weighted by Crippen LogP contribution is -2.40. The molecule has 1 fully saturated rings. The maximum absolute atomic E-state index is 13.3. The molecule has 1 saturated heterocycles. The van der Waals surface area contributed by atoms with Gasteiger partial charge in [-0.2, -0.15) is 0 Å². The number of aliphatic imine (C=N–C) groups is 1. The minimum absolute atomic E-state index is 0. The summed E-state index contributed by atoms with van der Waals surface area (Å²) in [6, 6.07) is 15.4. The number of halogens is 2. The molecule has 2 N–H and O–H groups in total. The number of nitrogens with zero attached hydrogens (tertiary/aromatic N) is 2. The molecule has 0 spiro atoms. The minimum atomic E-state index is -0.198. The molecule has 0 aromatic heterocycles. The average molecular weight is 526 g/mol. The summed E-state index contributed by atoms with van der Waals surface area (Å²) < 4.78 is 18.9. The van der Waals surface area contributed by atoms with Gasteiger partial charge >= 0.3 is 0 Å². The number of rotatable bonds is 7. The van der Waals surface area contributed by atoms with Gasteiger partial charge in [-0.1, -0.05) is 36.4 Å². The summed E-state index contributed by atoms with van der Waals surface area (Å²) in [5.41, 5.74) is 3.50. The topological polar surface area (TPSA) is 48.9 Å². The molecule has 2 aromatic rings. The van der Waals surface area contributed by atoms with Crippen LogP contribution in [-0.4, -0.2) is 50.3 Å². The Labute approximate surface area is 196 Å². The van der Waals surface area contributed by atoms with E-state index in [-0.39, 0.29) is 29.8 Å². The van der Waals surface area contributed by atoms with Crippen LogP contribution in [-0.2, 0) is 24.2 Å². The zero-order valence-electron chi connectivity index (χ0n) is 17.7. The van der Waals surface area contributed by atoms with Crippen LogP contribution in [0.3, 0.4) is 0 Å². The zero-order valence-corrected chi connectivity index (χ0v) is 20.1. The summed E-state index contributed by atoms with van der Waals surface area (Å²) >= 11 is 0. The number of hydrogen-bond acceptors (Lipinski definition) is 3. The highest BCUT2D eigenvalue weighted by Crippen LogP contribution is 2.12. The molecular weight excluding hydrogens is 494 g/mol. The molecule has 1 atom stereocenters. The molecule has 0 saturated carbocycles. The molecule has 1 heterocycles. The third-order valence-electron chi connectivity index (χ3n) is 5.00. The molecule has 30 heavy (non-hydrogen) atoms. The number of hydrogen-bond donors (Lipinski definition) is 2. The van der Waals surface area contributed by atoms with Crippen LogP contribution in [0.5, 0.6) is 0 Å². The molecule has 1 aliphatic heterocycles. The summed E-state index contributed by atoms with van der Waals surface area (Å²) in [5, 5.41) is 6.64. The van der Waals surface area contributed by atoms with Crippen molar-refractivity contribution >= 4 is 29.9 Å². The largest absolute Gasteiger partial charge is 0.376 e. The van der Waals surface area contributed by atoms with Gasteiger partial charge in [0.25, 0.3) is 0 Å². The molecule has 1 aliphatic rings. The van der Waals surface area contributed by atoms with Gasteiger partial charge < -0.3 is 15.4 Å². The van der Waals surface area contributed by atoms with Crippen LogP contribution < -0.4 is 10.6 Å². The summed E-state index contributed by atoms with van der Waals surface area (Å²) in [6.45, 7) is 7.23. The molecule has 7 heteroatoms. The standard InChI is InChI=1S/C23H31FN4O.HI/c1-18-16-28(11-12-29-18)17-21-7-3-6-20(13-21)15-27-23(25-2)26-10-9-19-5-4-8-22(24)14-19;/h3-8,13-14,18H,9-12,15-17H2,1-2H3,(H2,25,26,27);1H. The molecule has 0 aliphatic carbocycles. The Balaban J connectivity index is 0.00000320. The fourth-order valence-corrected chi connectivity index (χ4v) is 3.55. The number of morpholine rings is 1. The van der Waals surface area contributed by atoms with Crippen molar-refractivity contribution in [2.24, 2.45) is 4.99 Å². The fourth-order valence-electron chi connectivity index (χ4n) is 3.55. The molecule has 3 rings (SSSR count). The lowest BCUT2D eigenvalue weighted by molar-refractivity contribution is -0.0212. The van der Waals surface area contributed by atoms with Gasteiger partial charge in [0, 0.05) is 39.8 Å². The maximum atomic E-state index is 13.3. The Morgan fingerprint density at radius 2 is 1.90 bits per heavy atom. The van der Waals surface area contributed by atoms with E-state index >= 15 is 0 Å². The van der Waals surface area contributed by atoms with Crippen molar-refractivity contribution in [2.45, 2.75) is 32.5 Å². The first kappa shape index (κ1) is 24.6. The summed E-state index contributed by atoms with van der Waals surface area (Å²) in [7, 11) is 1.76. The third-order valence-corrected chi connectivity index (χ3v) is 5.00. The second-order valence-corrected chi connectivity index (χ2v) is 7.47. The van der Waals surface area contributed by atoms with Crippen LogP contribution in [0.4, 0.5) is 4.39 Å². The van der Waals surface area contributed by atoms with Crippen LogP contribution in [0.1, 0.15) is 23.6 Å². The molecule has 164 valence electrons. The Bertz CT molecular complexity index is 817. The van der Waals surface area contributed by atoms with E-state index < -0.39 is 0 Å². The van der Waals surface area contributed by atoms with Crippen LogP contribution >= 0.6 is 24.0 Å². The summed E-state index contributed by atoms with van der Waals surface area (Å²) in [4.78, 5) is 6.71. The predicted octanol–water partition coefficient (Wildman–Crippen LogP) is 3.57. The molecule has 2 aromatic carbocycles. The van der Waals surface area contributed by atoms with Gasteiger partial charge in [0.05, 0.1) is 12.7 Å². The summed E-state index contributed by atoms with van der Waals surface area (Å²) in [5.74, 6) is 0.547. The highest BCUT2D eigenvalue weighted by molar-refractivity contribution is 14.0. The van der Waals surface area contributed by atoms with E-state index in [2.05, 4.69) is 51.7 Å². The van der Waals surface area contributed by atoms with Crippen molar-refractivity contribution in [3.63, 3.8) is 0 Å². The average Bonchev–Trinajstić information content (AvgIpc) is 2.71. The first-order chi connectivity index (χ1) is 14.1. The van der Waals surface area contributed by atoms with Crippen LogP contribution in [0.15, 0.2) is 53.5 Å². The van der Waals surface area contributed by atoms with E-state index in [0.717, 1.165) is 44.2 Å². The summed E-state index contributed by atoms with van der Waals surface area (Å²) in [6.07, 6.45) is 1.04. The van der Waals surface area contributed by atoms with Crippen molar-refractivity contribution in [2.75, 3.05) is 33.3 Å². The van der Waals surface area contributed by atoms with Gasteiger partial charge in [-0.05, 0) is 42.2 Å². The lowest BCUT2D eigenvalue weighted by Gasteiger charge is -2.31. The number of ether oxygens (including phenoxy) is 1. The number of guanidine groups is 1.